The number of carbonyl (C=O) groups is 1. The molecule has 0 bridgehead atoms. The van der Waals surface area contributed by atoms with Gasteiger partial charge in [-0.25, -0.2) is 4.39 Å². The number of rotatable bonds is 3. The van der Waals surface area contributed by atoms with Gasteiger partial charge in [0.05, 0.1) is 5.41 Å². The highest BCUT2D eigenvalue weighted by Gasteiger charge is 2.61. The summed E-state index contributed by atoms with van der Waals surface area (Å²) < 4.78 is 53.3. The quantitative estimate of drug-likeness (QED) is 0.740. The van der Waals surface area contributed by atoms with Crippen LogP contribution in [0.5, 0.6) is 0 Å². The summed E-state index contributed by atoms with van der Waals surface area (Å²) in [6, 6.07) is 2.83. The van der Waals surface area contributed by atoms with Crippen LogP contribution in [0.25, 0.3) is 0 Å². The van der Waals surface area contributed by atoms with E-state index in [2.05, 4.69) is 13.8 Å². The van der Waals surface area contributed by atoms with Gasteiger partial charge in [-0.05, 0) is 60.3 Å². The summed E-state index contributed by atoms with van der Waals surface area (Å²) in [5, 5.41) is 0. The predicted molar refractivity (Wildman–Crippen MR) is 81.4 cm³/mol. The van der Waals surface area contributed by atoms with Crippen molar-refractivity contribution in [3.05, 3.63) is 29.1 Å². The van der Waals surface area contributed by atoms with Crippen LogP contribution in [0, 0.1) is 17.7 Å². The smallest absolute Gasteiger partial charge is 0.302 e. The average Bonchev–Trinajstić information content (AvgIpc) is 3.34. The van der Waals surface area contributed by atoms with Gasteiger partial charge in [-0.1, -0.05) is 13.8 Å². The van der Waals surface area contributed by atoms with E-state index in [0.29, 0.717) is 35.8 Å². The fourth-order valence-electron chi connectivity index (χ4n) is 4.21. The molecule has 1 aromatic rings. The van der Waals surface area contributed by atoms with E-state index in [1.165, 1.54) is 12.1 Å². The summed E-state index contributed by atoms with van der Waals surface area (Å²) in [5.74, 6) is -0.0859. The molecule has 1 aromatic carbocycles. The Hall–Kier alpha value is -1.59. The van der Waals surface area contributed by atoms with Crippen molar-refractivity contribution in [1.82, 2.24) is 0 Å². The van der Waals surface area contributed by atoms with Gasteiger partial charge in [0.1, 0.15) is 12.4 Å². The Kier molecular flexibility index (Phi) is 3.14. The number of benzene rings is 1. The zero-order chi connectivity index (χ0) is 17.4. The maximum Gasteiger partial charge on any atom is 0.406 e. The number of fused-ring (bicyclic) bond motifs is 2. The van der Waals surface area contributed by atoms with Crippen LogP contribution >= 0.6 is 0 Å². The molecule has 0 saturated heterocycles. The van der Waals surface area contributed by atoms with Crippen LogP contribution in [-0.4, -0.2) is 18.6 Å². The third-order valence-corrected chi connectivity index (χ3v) is 5.76. The molecule has 1 amide bonds. The Bertz CT molecular complexity index is 720. The van der Waals surface area contributed by atoms with E-state index in [9.17, 15) is 22.4 Å². The number of hydrogen-bond donors (Lipinski definition) is 0. The van der Waals surface area contributed by atoms with Gasteiger partial charge < -0.3 is 4.90 Å². The average molecular weight is 341 g/mol. The first-order chi connectivity index (χ1) is 11.1. The molecule has 24 heavy (non-hydrogen) atoms. The molecule has 1 spiro atoms. The van der Waals surface area contributed by atoms with Crippen LogP contribution in [0.2, 0.25) is 0 Å². The van der Waals surface area contributed by atoms with Crippen molar-refractivity contribution >= 4 is 11.6 Å². The van der Waals surface area contributed by atoms with E-state index in [-0.39, 0.29) is 17.4 Å². The van der Waals surface area contributed by atoms with Crippen molar-refractivity contribution < 1.29 is 22.4 Å². The number of nitrogens with zero attached hydrogens (tertiary/aromatic N) is 1. The van der Waals surface area contributed by atoms with Crippen LogP contribution in [0.4, 0.5) is 23.2 Å². The number of amides is 1. The molecular formula is C18H19F4NO. The van der Waals surface area contributed by atoms with Gasteiger partial charge in [0.2, 0.25) is 5.91 Å². The Labute approximate surface area is 137 Å². The number of halogens is 4. The fourth-order valence-corrected chi connectivity index (χ4v) is 4.21. The molecule has 0 radical (unpaired) electrons. The highest BCUT2D eigenvalue weighted by Crippen LogP contribution is 2.60. The molecule has 2 atom stereocenters. The van der Waals surface area contributed by atoms with Crippen molar-refractivity contribution in [2.45, 2.75) is 50.6 Å². The van der Waals surface area contributed by atoms with Crippen LogP contribution in [0.15, 0.2) is 12.1 Å². The Balaban J connectivity index is 1.76. The Morgan fingerprint density at radius 1 is 1.29 bits per heavy atom. The third-order valence-electron chi connectivity index (χ3n) is 5.76. The summed E-state index contributed by atoms with van der Waals surface area (Å²) in [6.07, 6.45) is -2.61. The number of alkyl halides is 3. The van der Waals surface area contributed by atoms with Crippen molar-refractivity contribution in [1.29, 1.82) is 0 Å². The molecule has 3 aliphatic rings. The van der Waals surface area contributed by atoms with Crippen LogP contribution in [0.1, 0.15) is 50.2 Å². The van der Waals surface area contributed by atoms with Gasteiger partial charge in [0.15, 0.2) is 0 Å². The zero-order valence-electron chi connectivity index (χ0n) is 13.6. The summed E-state index contributed by atoms with van der Waals surface area (Å²) in [4.78, 5) is 13.3. The van der Waals surface area contributed by atoms with Gasteiger partial charge in [-0.15, -0.1) is 0 Å². The molecule has 1 aliphatic heterocycles. The Morgan fingerprint density at radius 3 is 2.46 bits per heavy atom. The van der Waals surface area contributed by atoms with E-state index in [1.807, 2.05) is 0 Å². The van der Waals surface area contributed by atoms with Crippen molar-refractivity contribution in [2.75, 3.05) is 11.4 Å². The van der Waals surface area contributed by atoms with Crippen molar-refractivity contribution in [3.8, 4) is 0 Å². The lowest BCUT2D eigenvalue weighted by molar-refractivity contribution is -0.132. The Morgan fingerprint density at radius 2 is 1.96 bits per heavy atom. The second-order valence-corrected chi connectivity index (χ2v) is 7.73. The molecule has 0 aromatic heterocycles. The fraction of sp³-hybridized carbons (Fsp3) is 0.611. The monoisotopic (exact) mass is 341 g/mol. The molecule has 0 unspecified atom stereocenters. The highest BCUT2D eigenvalue weighted by molar-refractivity contribution is 6.10. The first-order valence-corrected chi connectivity index (χ1v) is 8.37. The van der Waals surface area contributed by atoms with Gasteiger partial charge >= 0.3 is 6.18 Å². The number of anilines is 1. The molecule has 130 valence electrons. The lowest BCUT2D eigenvalue weighted by Gasteiger charge is -2.20. The van der Waals surface area contributed by atoms with E-state index in [0.717, 1.165) is 11.3 Å². The molecule has 2 saturated carbocycles. The van der Waals surface area contributed by atoms with Crippen LogP contribution in [-0.2, 0) is 10.2 Å². The second-order valence-electron chi connectivity index (χ2n) is 7.73. The minimum Gasteiger partial charge on any atom is -0.302 e. The molecule has 0 N–H and O–H groups in total. The lowest BCUT2D eigenvalue weighted by Crippen LogP contribution is -2.39. The molecule has 1 heterocycles. The summed E-state index contributed by atoms with van der Waals surface area (Å²) >= 11 is 0. The summed E-state index contributed by atoms with van der Waals surface area (Å²) in [5.41, 5.74) is 0.270. The van der Waals surface area contributed by atoms with Gasteiger partial charge in [0, 0.05) is 5.69 Å². The largest absolute Gasteiger partial charge is 0.406 e. The van der Waals surface area contributed by atoms with Crippen LogP contribution < -0.4 is 4.90 Å². The van der Waals surface area contributed by atoms with E-state index < -0.39 is 24.0 Å². The van der Waals surface area contributed by atoms with Gasteiger partial charge in [-0.3, -0.25) is 4.79 Å². The maximum absolute atomic E-state index is 14.6. The second kappa shape index (κ2) is 4.73. The van der Waals surface area contributed by atoms with Gasteiger partial charge in [-0.2, -0.15) is 13.2 Å². The molecule has 6 heteroatoms. The summed E-state index contributed by atoms with van der Waals surface area (Å²) in [7, 11) is 0. The normalized spacial score (nSPS) is 27.1. The van der Waals surface area contributed by atoms with Crippen molar-refractivity contribution in [2.24, 2.45) is 11.8 Å². The molecule has 2 fully saturated rings. The number of carbonyl (C=O) groups excluding carboxylic acids is 1. The highest BCUT2D eigenvalue weighted by atomic mass is 19.4. The zero-order valence-corrected chi connectivity index (χ0v) is 13.6. The summed E-state index contributed by atoms with van der Waals surface area (Å²) in [6.45, 7) is 2.83. The first-order valence-electron chi connectivity index (χ1n) is 8.37. The topological polar surface area (TPSA) is 20.3 Å². The molecule has 2 aliphatic carbocycles. The van der Waals surface area contributed by atoms with Crippen molar-refractivity contribution in [3.63, 3.8) is 0 Å². The van der Waals surface area contributed by atoms with E-state index in [1.54, 1.807) is 0 Å². The maximum atomic E-state index is 14.6. The molecule has 2 nitrogen and oxygen atoms in total. The lowest BCUT2D eigenvalue weighted by atomic mass is 9.94. The molecule has 4 rings (SSSR count). The minimum absolute atomic E-state index is 0.0499. The number of hydrogen-bond acceptors (Lipinski definition) is 1. The first kappa shape index (κ1) is 15.9. The minimum atomic E-state index is -4.47. The van der Waals surface area contributed by atoms with Crippen LogP contribution in [0.3, 0.4) is 0 Å². The molecular weight excluding hydrogens is 322 g/mol. The third kappa shape index (κ3) is 2.25. The van der Waals surface area contributed by atoms with Gasteiger partial charge in [0.25, 0.3) is 0 Å². The standard InChI is InChI=1S/C18H19F4NO/c1-9(2)10-5-11(10)12-6-15-13(7-14(12)19)17(3-4-17)16(24)23(15)8-18(20,21)22/h6-7,9-11H,3-5,8H2,1-2H3/t10-,11+/m1/s1. The predicted octanol–water partition coefficient (Wildman–Crippen LogP) is 4.53. The van der Waals surface area contributed by atoms with E-state index in [4.69, 9.17) is 0 Å². The SMILES string of the molecule is CC(C)[C@H]1C[C@@H]1c1cc2c(cc1F)C1(CC1)C(=O)N2CC(F)(F)F. The van der Waals surface area contributed by atoms with E-state index >= 15 is 0 Å².